The Labute approximate surface area is 147 Å². The van der Waals surface area contributed by atoms with E-state index in [0.29, 0.717) is 30.2 Å². The molecule has 1 N–H and O–H groups in total. The van der Waals surface area contributed by atoms with Crippen LogP contribution in [0.1, 0.15) is 28.4 Å². The summed E-state index contributed by atoms with van der Waals surface area (Å²) in [7, 11) is 0. The molecule has 0 saturated carbocycles. The van der Waals surface area contributed by atoms with Gasteiger partial charge in [-0.1, -0.05) is 48.0 Å². The molecule has 24 heavy (non-hydrogen) atoms. The van der Waals surface area contributed by atoms with Gasteiger partial charge in [-0.25, -0.2) is 0 Å². The van der Waals surface area contributed by atoms with Gasteiger partial charge in [-0.15, -0.1) is 0 Å². The summed E-state index contributed by atoms with van der Waals surface area (Å²) in [4.78, 5) is 25.7. The summed E-state index contributed by atoms with van der Waals surface area (Å²) in [5, 5.41) is 3.22. The summed E-state index contributed by atoms with van der Waals surface area (Å²) < 4.78 is 0. The molecule has 0 aliphatic rings. The second kappa shape index (κ2) is 8.50. The fourth-order valence-corrected chi connectivity index (χ4v) is 2.61. The largest absolute Gasteiger partial charge is 0.350 e. The molecule has 0 saturated heterocycles. The second-order valence-corrected chi connectivity index (χ2v) is 6.01. The average Bonchev–Trinajstić information content (AvgIpc) is 2.55. The Morgan fingerprint density at radius 2 is 1.75 bits per heavy atom. The fourth-order valence-electron chi connectivity index (χ4n) is 2.39. The van der Waals surface area contributed by atoms with Crippen LogP contribution in [-0.2, 0) is 11.3 Å². The van der Waals surface area contributed by atoms with Crippen molar-refractivity contribution in [1.29, 1.82) is 0 Å². The van der Waals surface area contributed by atoms with Crippen LogP contribution in [0.15, 0.2) is 48.5 Å². The Morgan fingerprint density at radius 1 is 1.08 bits per heavy atom. The minimum Gasteiger partial charge on any atom is -0.350 e. The third-order valence-corrected chi connectivity index (χ3v) is 4.18. The molecule has 0 fully saturated rings. The van der Waals surface area contributed by atoms with Crippen LogP contribution in [0.25, 0.3) is 0 Å². The van der Waals surface area contributed by atoms with Crippen molar-refractivity contribution in [2.75, 3.05) is 13.1 Å². The van der Waals surface area contributed by atoms with Gasteiger partial charge in [0.15, 0.2) is 0 Å². The molecule has 5 heteroatoms. The van der Waals surface area contributed by atoms with Gasteiger partial charge in [0, 0.05) is 26.6 Å². The van der Waals surface area contributed by atoms with E-state index in [4.69, 9.17) is 11.6 Å². The van der Waals surface area contributed by atoms with Gasteiger partial charge in [0.1, 0.15) is 0 Å². The molecule has 0 aliphatic heterocycles. The number of hydrogen-bond acceptors (Lipinski definition) is 2. The summed E-state index contributed by atoms with van der Waals surface area (Å²) in [6.07, 6.45) is 0. The lowest BCUT2D eigenvalue weighted by atomic mass is 10.1. The molecule has 0 radical (unpaired) electrons. The van der Waals surface area contributed by atoms with Crippen LogP contribution >= 0.6 is 11.6 Å². The van der Waals surface area contributed by atoms with Crippen LogP contribution in [0, 0.1) is 6.92 Å². The highest BCUT2D eigenvalue weighted by molar-refractivity contribution is 6.33. The molecule has 0 spiro atoms. The van der Waals surface area contributed by atoms with E-state index in [-0.39, 0.29) is 11.8 Å². The van der Waals surface area contributed by atoms with Gasteiger partial charge in [0.05, 0.1) is 10.6 Å². The molecule has 126 valence electrons. The van der Waals surface area contributed by atoms with Crippen molar-refractivity contribution in [3.63, 3.8) is 0 Å². The summed E-state index contributed by atoms with van der Waals surface area (Å²) in [6.45, 7) is 4.90. The van der Waals surface area contributed by atoms with Crippen LogP contribution in [0.2, 0.25) is 5.02 Å². The van der Waals surface area contributed by atoms with Gasteiger partial charge in [-0.05, 0) is 30.2 Å². The van der Waals surface area contributed by atoms with Crippen molar-refractivity contribution in [3.05, 3.63) is 70.2 Å². The van der Waals surface area contributed by atoms with E-state index in [0.717, 1.165) is 11.1 Å². The zero-order chi connectivity index (χ0) is 17.5. The summed E-state index contributed by atoms with van der Waals surface area (Å²) in [6, 6.07) is 14.9. The van der Waals surface area contributed by atoms with E-state index < -0.39 is 0 Å². The van der Waals surface area contributed by atoms with Gasteiger partial charge in [0.25, 0.3) is 5.91 Å². The number of halogens is 1. The van der Waals surface area contributed by atoms with Crippen LogP contribution in [0.5, 0.6) is 0 Å². The summed E-state index contributed by atoms with van der Waals surface area (Å²) in [5.41, 5.74) is 2.68. The number of carbonyl (C=O) groups is 2. The number of hydrogen-bond donors (Lipinski definition) is 1. The number of nitrogens with zero attached hydrogens (tertiary/aromatic N) is 1. The van der Waals surface area contributed by atoms with E-state index in [9.17, 15) is 9.59 Å². The minimum atomic E-state index is -0.236. The average molecular weight is 345 g/mol. The smallest absolute Gasteiger partial charge is 0.252 e. The Morgan fingerprint density at radius 3 is 2.42 bits per heavy atom. The molecule has 2 amide bonds. The predicted octanol–water partition coefficient (Wildman–Crippen LogP) is 3.43. The number of aryl methyl sites for hydroxylation is 1. The van der Waals surface area contributed by atoms with E-state index in [2.05, 4.69) is 5.32 Å². The quantitative estimate of drug-likeness (QED) is 0.872. The van der Waals surface area contributed by atoms with Crippen LogP contribution in [0.3, 0.4) is 0 Å². The molecular weight excluding hydrogens is 324 g/mol. The molecule has 0 unspecified atom stereocenters. The zero-order valence-corrected chi connectivity index (χ0v) is 14.6. The number of benzene rings is 2. The third kappa shape index (κ3) is 4.83. The van der Waals surface area contributed by atoms with Crippen molar-refractivity contribution in [1.82, 2.24) is 10.2 Å². The number of rotatable bonds is 6. The number of amides is 2. The Balaban J connectivity index is 1.93. The lowest BCUT2D eigenvalue weighted by Gasteiger charge is -2.22. The van der Waals surface area contributed by atoms with Crippen LogP contribution in [-0.4, -0.2) is 29.8 Å². The van der Waals surface area contributed by atoms with Gasteiger partial charge < -0.3 is 10.2 Å². The predicted molar refractivity (Wildman–Crippen MR) is 96.1 cm³/mol. The second-order valence-electron chi connectivity index (χ2n) is 5.60. The SMILES string of the molecule is CC(=O)N(CCNC(=O)c1ccccc1Cl)Cc1ccccc1C. The zero-order valence-electron chi connectivity index (χ0n) is 13.9. The van der Waals surface area contributed by atoms with E-state index >= 15 is 0 Å². The third-order valence-electron chi connectivity index (χ3n) is 3.85. The summed E-state index contributed by atoms with van der Waals surface area (Å²) >= 11 is 6.01. The van der Waals surface area contributed by atoms with E-state index in [1.54, 1.807) is 29.2 Å². The molecule has 2 aromatic rings. The molecule has 4 nitrogen and oxygen atoms in total. The normalized spacial score (nSPS) is 10.3. The van der Waals surface area contributed by atoms with Crippen molar-refractivity contribution in [2.24, 2.45) is 0 Å². The first-order chi connectivity index (χ1) is 11.5. The van der Waals surface area contributed by atoms with E-state index in [1.165, 1.54) is 6.92 Å². The molecule has 2 rings (SSSR count). The topological polar surface area (TPSA) is 49.4 Å². The first-order valence-electron chi connectivity index (χ1n) is 7.82. The van der Waals surface area contributed by atoms with Crippen LogP contribution in [0.4, 0.5) is 0 Å². The first-order valence-corrected chi connectivity index (χ1v) is 8.19. The van der Waals surface area contributed by atoms with Crippen LogP contribution < -0.4 is 5.32 Å². The van der Waals surface area contributed by atoms with Crippen molar-refractivity contribution < 1.29 is 9.59 Å². The Kier molecular flexibility index (Phi) is 6.38. The lowest BCUT2D eigenvalue weighted by molar-refractivity contribution is -0.129. The van der Waals surface area contributed by atoms with Gasteiger partial charge in [-0.3, -0.25) is 9.59 Å². The molecule has 0 atom stereocenters. The lowest BCUT2D eigenvalue weighted by Crippen LogP contribution is -2.37. The highest BCUT2D eigenvalue weighted by atomic mass is 35.5. The number of nitrogens with one attached hydrogen (secondary N) is 1. The van der Waals surface area contributed by atoms with Gasteiger partial charge in [-0.2, -0.15) is 0 Å². The maximum absolute atomic E-state index is 12.1. The van der Waals surface area contributed by atoms with Gasteiger partial charge in [0.2, 0.25) is 5.91 Å². The molecule has 0 bridgehead atoms. The molecule has 0 heterocycles. The van der Waals surface area contributed by atoms with E-state index in [1.807, 2.05) is 31.2 Å². The standard InChI is InChI=1S/C19H21ClN2O2/c1-14-7-3-4-8-16(14)13-22(15(2)23)12-11-21-19(24)17-9-5-6-10-18(17)20/h3-10H,11-13H2,1-2H3,(H,21,24). The Bertz CT molecular complexity index is 731. The maximum Gasteiger partial charge on any atom is 0.252 e. The monoisotopic (exact) mass is 344 g/mol. The molecular formula is C19H21ClN2O2. The fraction of sp³-hybridized carbons (Fsp3) is 0.263. The van der Waals surface area contributed by atoms with Gasteiger partial charge >= 0.3 is 0 Å². The highest BCUT2D eigenvalue weighted by Gasteiger charge is 2.13. The maximum atomic E-state index is 12.1. The Hall–Kier alpha value is -2.33. The first kappa shape index (κ1) is 18.0. The van der Waals surface area contributed by atoms with Crippen molar-refractivity contribution in [3.8, 4) is 0 Å². The van der Waals surface area contributed by atoms with Crippen molar-refractivity contribution >= 4 is 23.4 Å². The molecule has 0 aromatic heterocycles. The highest BCUT2D eigenvalue weighted by Crippen LogP contribution is 2.14. The summed E-state index contributed by atoms with van der Waals surface area (Å²) in [5.74, 6) is -0.259. The van der Waals surface area contributed by atoms with Crippen molar-refractivity contribution in [2.45, 2.75) is 20.4 Å². The minimum absolute atomic E-state index is 0.0229. The number of carbonyl (C=O) groups excluding carboxylic acids is 2. The molecule has 2 aromatic carbocycles. The molecule has 0 aliphatic carbocycles.